The van der Waals surface area contributed by atoms with E-state index in [2.05, 4.69) is 16.0 Å². The molecule has 4 heteroatoms. The normalized spacial score (nSPS) is 17.6. The first-order valence-corrected chi connectivity index (χ1v) is 8.06. The Morgan fingerprint density at radius 3 is 2.52 bits per heavy atom. The summed E-state index contributed by atoms with van der Waals surface area (Å²) in [5.74, 6) is 0.280. The molecular formula is C19H21N3O. The molecule has 0 amide bonds. The molecule has 0 spiro atoms. The fraction of sp³-hybridized carbons (Fsp3) is 0.368. The summed E-state index contributed by atoms with van der Waals surface area (Å²) in [6, 6.07) is 15.6. The minimum absolute atomic E-state index is 0.280. The van der Waals surface area contributed by atoms with E-state index in [-0.39, 0.29) is 5.92 Å². The molecule has 1 atom stereocenters. The summed E-state index contributed by atoms with van der Waals surface area (Å²) in [6.07, 6.45) is 3.23. The van der Waals surface area contributed by atoms with Crippen LogP contribution in [0.5, 0.6) is 0 Å². The number of nitrogens with zero attached hydrogens (tertiary/aromatic N) is 3. The van der Waals surface area contributed by atoms with Crippen LogP contribution in [0.3, 0.4) is 0 Å². The van der Waals surface area contributed by atoms with Crippen LogP contribution in [0.15, 0.2) is 48.7 Å². The molecule has 23 heavy (non-hydrogen) atoms. The van der Waals surface area contributed by atoms with Crippen molar-refractivity contribution in [2.24, 2.45) is 5.92 Å². The van der Waals surface area contributed by atoms with Gasteiger partial charge >= 0.3 is 0 Å². The Morgan fingerprint density at radius 2 is 1.91 bits per heavy atom. The lowest BCUT2D eigenvalue weighted by molar-refractivity contribution is 0.0540. The smallest absolute Gasteiger partial charge is 0.0991 e. The van der Waals surface area contributed by atoms with E-state index >= 15 is 0 Å². The van der Waals surface area contributed by atoms with Gasteiger partial charge in [-0.05, 0) is 61.7 Å². The van der Waals surface area contributed by atoms with Crippen molar-refractivity contribution in [1.82, 2.24) is 9.88 Å². The number of pyridine rings is 1. The van der Waals surface area contributed by atoms with Crippen LogP contribution in [-0.4, -0.2) is 28.1 Å². The predicted octanol–water partition coefficient (Wildman–Crippen LogP) is 2.90. The molecule has 2 heterocycles. The first-order valence-electron chi connectivity index (χ1n) is 8.06. The summed E-state index contributed by atoms with van der Waals surface area (Å²) in [4.78, 5) is 6.67. The summed E-state index contributed by atoms with van der Waals surface area (Å²) < 4.78 is 0. The van der Waals surface area contributed by atoms with Gasteiger partial charge in [0.15, 0.2) is 0 Å². The number of likely N-dealkylation sites (tertiary alicyclic amines) is 1. The Labute approximate surface area is 137 Å². The van der Waals surface area contributed by atoms with Crippen molar-refractivity contribution in [3.63, 3.8) is 0 Å². The van der Waals surface area contributed by atoms with Crippen LogP contribution >= 0.6 is 0 Å². The van der Waals surface area contributed by atoms with E-state index in [9.17, 15) is 5.11 Å². The topological polar surface area (TPSA) is 60.2 Å². The van der Waals surface area contributed by atoms with Crippen molar-refractivity contribution >= 4 is 0 Å². The van der Waals surface area contributed by atoms with Crippen molar-refractivity contribution < 1.29 is 5.11 Å². The summed E-state index contributed by atoms with van der Waals surface area (Å²) in [6.45, 7) is 2.86. The highest BCUT2D eigenvalue weighted by atomic mass is 16.3. The zero-order valence-corrected chi connectivity index (χ0v) is 13.1. The van der Waals surface area contributed by atoms with E-state index in [0.29, 0.717) is 5.56 Å². The molecule has 3 rings (SSSR count). The van der Waals surface area contributed by atoms with Gasteiger partial charge in [0.1, 0.15) is 0 Å². The Morgan fingerprint density at radius 1 is 1.17 bits per heavy atom. The van der Waals surface area contributed by atoms with Crippen LogP contribution in [0, 0.1) is 17.2 Å². The monoisotopic (exact) mass is 307 g/mol. The van der Waals surface area contributed by atoms with Crippen molar-refractivity contribution in [3.05, 3.63) is 65.5 Å². The molecule has 1 aromatic heterocycles. The van der Waals surface area contributed by atoms with E-state index in [0.717, 1.165) is 38.2 Å². The van der Waals surface area contributed by atoms with Gasteiger partial charge in [0.25, 0.3) is 0 Å². The Bertz CT molecular complexity index is 655. The molecule has 1 aromatic carbocycles. The van der Waals surface area contributed by atoms with Gasteiger partial charge in [-0.15, -0.1) is 0 Å². The molecule has 2 aromatic rings. The van der Waals surface area contributed by atoms with Gasteiger partial charge < -0.3 is 5.11 Å². The van der Waals surface area contributed by atoms with Crippen molar-refractivity contribution in [1.29, 1.82) is 5.26 Å². The number of rotatable bonds is 4. The number of hydrogen-bond donors (Lipinski definition) is 1. The molecule has 1 unspecified atom stereocenters. The Kier molecular flexibility index (Phi) is 5.02. The van der Waals surface area contributed by atoms with E-state index < -0.39 is 6.10 Å². The first-order chi connectivity index (χ1) is 11.3. The van der Waals surface area contributed by atoms with Crippen LogP contribution in [0.25, 0.3) is 0 Å². The molecule has 0 saturated carbocycles. The Hall–Kier alpha value is -2.22. The zero-order chi connectivity index (χ0) is 16.1. The summed E-state index contributed by atoms with van der Waals surface area (Å²) in [5, 5.41) is 19.3. The number of piperidine rings is 1. The lowest BCUT2D eigenvalue weighted by Crippen LogP contribution is -2.35. The second-order valence-electron chi connectivity index (χ2n) is 6.12. The standard InChI is InChI=1S/C19H21N3O/c20-13-15-4-6-16(7-5-15)14-22-11-8-17(9-12-22)19(23)18-3-1-2-10-21-18/h1-7,10,17,19,23H,8-9,11-12,14H2. The van der Waals surface area contributed by atoms with Gasteiger partial charge in [0.2, 0.25) is 0 Å². The summed E-state index contributed by atoms with van der Waals surface area (Å²) in [5.41, 5.74) is 2.71. The van der Waals surface area contributed by atoms with Gasteiger partial charge in [-0.3, -0.25) is 9.88 Å². The molecule has 0 radical (unpaired) electrons. The maximum atomic E-state index is 10.5. The van der Waals surface area contributed by atoms with Crippen molar-refractivity contribution in [3.8, 4) is 6.07 Å². The fourth-order valence-electron chi connectivity index (χ4n) is 3.16. The molecule has 4 nitrogen and oxygen atoms in total. The maximum absolute atomic E-state index is 10.5. The summed E-state index contributed by atoms with van der Waals surface area (Å²) >= 11 is 0. The van der Waals surface area contributed by atoms with Gasteiger partial charge in [-0.1, -0.05) is 18.2 Å². The highest BCUT2D eigenvalue weighted by Crippen LogP contribution is 2.30. The highest BCUT2D eigenvalue weighted by Gasteiger charge is 2.26. The maximum Gasteiger partial charge on any atom is 0.0991 e. The minimum atomic E-state index is -0.465. The second-order valence-corrected chi connectivity index (χ2v) is 6.12. The van der Waals surface area contributed by atoms with Crippen LogP contribution in [0.4, 0.5) is 0 Å². The quantitative estimate of drug-likeness (QED) is 0.943. The van der Waals surface area contributed by atoms with E-state index in [1.807, 2.05) is 42.5 Å². The number of aromatic nitrogens is 1. The zero-order valence-electron chi connectivity index (χ0n) is 13.1. The number of benzene rings is 1. The van der Waals surface area contributed by atoms with Crippen LogP contribution in [0.2, 0.25) is 0 Å². The lowest BCUT2D eigenvalue weighted by atomic mass is 9.89. The molecule has 1 fully saturated rings. The molecule has 1 saturated heterocycles. The largest absolute Gasteiger partial charge is 0.387 e. The summed E-state index contributed by atoms with van der Waals surface area (Å²) in [7, 11) is 0. The van der Waals surface area contributed by atoms with Crippen LogP contribution in [0.1, 0.15) is 35.8 Å². The predicted molar refractivity (Wildman–Crippen MR) is 88.4 cm³/mol. The number of aliphatic hydroxyl groups excluding tert-OH is 1. The van der Waals surface area contributed by atoms with Crippen LogP contribution in [-0.2, 0) is 6.54 Å². The van der Waals surface area contributed by atoms with Gasteiger partial charge in [-0.2, -0.15) is 5.26 Å². The molecule has 0 bridgehead atoms. The molecule has 1 aliphatic rings. The third kappa shape index (κ3) is 3.95. The third-order valence-corrected chi connectivity index (χ3v) is 4.56. The van der Waals surface area contributed by atoms with Crippen molar-refractivity contribution in [2.75, 3.05) is 13.1 Å². The van der Waals surface area contributed by atoms with Gasteiger partial charge in [-0.25, -0.2) is 0 Å². The molecule has 1 aliphatic heterocycles. The number of nitriles is 1. The SMILES string of the molecule is N#Cc1ccc(CN2CCC(C(O)c3ccccn3)CC2)cc1. The van der Waals surface area contributed by atoms with Gasteiger partial charge in [0, 0.05) is 12.7 Å². The molecular weight excluding hydrogens is 286 g/mol. The average Bonchev–Trinajstić information content (AvgIpc) is 2.63. The second kappa shape index (κ2) is 7.36. The van der Waals surface area contributed by atoms with E-state index in [4.69, 9.17) is 5.26 Å². The Balaban J connectivity index is 1.53. The minimum Gasteiger partial charge on any atom is -0.387 e. The number of hydrogen-bond acceptors (Lipinski definition) is 4. The number of aliphatic hydroxyl groups is 1. The molecule has 0 aliphatic carbocycles. The molecule has 118 valence electrons. The highest BCUT2D eigenvalue weighted by molar-refractivity contribution is 5.31. The van der Waals surface area contributed by atoms with E-state index in [1.54, 1.807) is 6.20 Å². The lowest BCUT2D eigenvalue weighted by Gasteiger charge is -2.34. The van der Waals surface area contributed by atoms with E-state index in [1.165, 1.54) is 5.56 Å². The van der Waals surface area contributed by atoms with Crippen LogP contribution < -0.4 is 0 Å². The molecule has 1 N–H and O–H groups in total. The van der Waals surface area contributed by atoms with Crippen molar-refractivity contribution in [2.45, 2.75) is 25.5 Å². The average molecular weight is 307 g/mol. The first kappa shape index (κ1) is 15.7. The van der Waals surface area contributed by atoms with Gasteiger partial charge in [0.05, 0.1) is 23.4 Å². The fourth-order valence-corrected chi connectivity index (χ4v) is 3.16. The third-order valence-electron chi connectivity index (χ3n) is 4.56.